The third kappa shape index (κ3) is 1.08. The second-order valence-corrected chi connectivity index (χ2v) is 3.02. The lowest BCUT2D eigenvalue weighted by molar-refractivity contribution is 0.595. The predicted molar refractivity (Wildman–Crippen MR) is 52.7 cm³/mol. The summed E-state index contributed by atoms with van der Waals surface area (Å²) in [5.41, 5.74) is 11.2. The van der Waals surface area contributed by atoms with Gasteiger partial charge in [0.25, 0.3) is 0 Å². The van der Waals surface area contributed by atoms with Gasteiger partial charge in [-0.3, -0.25) is 0 Å². The molecule has 4 heteroatoms. The lowest BCUT2D eigenvalue weighted by atomic mass is 10.1. The van der Waals surface area contributed by atoms with Crippen molar-refractivity contribution < 1.29 is 8.78 Å². The number of anilines is 2. The van der Waals surface area contributed by atoms with Crippen LogP contribution in [-0.2, 0) is 0 Å². The summed E-state index contributed by atoms with van der Waals surface area (Å²) in [5.74, 6) is -1.45. The van der Waals surface area contributed by atoms with Gasteiger partial charge in [0, 0.05) is 22.5 Å². The molecule has 0 spiro atoms. The monoisotopic (exact) mass is 194 g/mol. The number of nitrogens with two attached hydrogens (primary N) is 2. The van der Waals surface area contributed by atoms with E-state index < -0.39 is 11.6 Å². The van der Waals surface area contributed by atoms with E-state index in [4.69, 9.17) is 11.5 Å². The molecule has 0 saturated heterocycles. The van der Waals surface area contributed by atoms with Gasteiger partial charge in [-0.2, -0.15) is 0 Å². The minimum atomic E-state index is -0.763. The predicted octanol–water partition coefficient (Wildman–Crippen LogP) is 2.28. The van der Waals surface area contributed by atoms with Crippen LogP contribution in [-0.4, -0.2) is 0 Å². The summed E-state index contributed by atoms with van der Waals surface area (Å²) < 4.78 is 26.3. The molecule has 0 fully saturated rings. The zero-order valence-electron chi connectivity index (χ0n) is 7.22. The van der Waals surface area contributed by atoms with E-state index >= 15 is 0 Å². The van der Waals surface area contributed by atoms with Crippen LogP contribution in [0.15, 0.2) is 24.3 Å². The van der Waals surface area contributed by atoms with E-state index in [1.165, 1.54) is 6.07 Å². The fraction of sp³-hybridized carbons (Fsp3) is 0. The van der Waals surface area contributed by atoms with Gasteiger partial charge in [0.1, 0.15) is 11.6 Å². The number of rotatable bonds is 0. The lowest BCUT2D eigenvalue weighted by Crippen LogP contribution is -1.97. The molecule has 0 unspecified atom stereocenters. The first-order chi connectivity index (χ1) is 6.61. The van der Waals surface area contributed by atoms with Crippen molar-refractivity contribution in [3.63, 3.8) is 0 Å². The van der Waals surface area contributed by atoms with Crippen molar-refractivity contribution in [2.75, 3.05) is 11.5 Å². The van der Waals surface area contributed by atoms with Crippen molar-refractivity contribution in [3.8, 4) is 0 Å². The number of hydrogen-bond donors (Lipinski definition) is 2. The van der Waals surface area contributed by atoms with Gasteiger partial charge >= 0.3 is 0 Å². The Hall–Kier alpha value is -1.84. The first-order valence-electron chi connectivity index (χ1n) is 4.03. The van der Waals surface area contributed by atoms with Crippen molar-refractivity contribution in [3.05, 3.63) is 35.9 Å². The topological polar surface area (TPSA) is 52.0 Å². The first kappa shape index (κ1) is 8.74. The Bertz CT molecular complexity index is 509. The van der Waals surface area contributed by atoms with E-state index in [9.17, 15) is 8.78 Å². The van der Waals surface area contributed by atoms with Gasteiger partial charge in [-0.15, -0.1) is 0 Å². The minimum absolute atomic E-state index is 0.0753. The summed E-state index contributed by atoms with van der Waals surface area (Å²) in [7, 11) is 0. The summed E-state index contributed by atoms with van der Waals surface area (Å²) in [6.45, 7) is 0. The quantitative estimate of drug-likeness (QED) is 0.632. The maximum Gasteiger partial charge on any atom is 0.149 e. The molecular weight excluding hydrogens is 186 g/mol. The van der Waals surface area contributed by atoms with Crippen molar-refractivity contribution in [1.82, 2.24) is 0 Å². The Morgan fingerprint density at radius 1 is 1.00 bits per heavy atom. The van der Waals surface area contributed by atoms with Crippen LogP contribution in [0.2, 0.25) is 0 Å². The number of halogens is 2. The summed E-state index contributed by atoms with van der Waals surface area (Å²) in [6.07, 6.45) is 0. The zero-order chi connectivity index (χ0) is 10.3. The molecule has 2 aromatic rings. The highest BCUT2D eigenvalue weighted by atomic mass is 19.1. The van der Waals surface area contributed by atoms with E-state index in [2.05, 4.69) is 0 Å². The molecule has 4 N–H and O–H groups in total. The van der Waals surface area contributed by atoms with Crippen LogP contribution in [0.25, 0.3) is 10.8 Å². The van der Waals surface area contributed by atoms with E-state index in [1.807, 2.05) is 0 Å². The standard InChI is InChI=1S/C10H8F2N2/c11-6-4-7(12)10(14)5-2-1-3-8(13)9(5)6/h1-4H,13-14H2. The van der Waals surface area contributed by atoms with Gasteiger partial charge in [0.2, 0.25) is 0 Å². The van der Waals surface area contributed by atoms with Crippen LogP contribution in [0, 0.1) is 11.6 Å². The lowest BCUT2D eigenvalue weighted by Gasteiger charge is -2.06. The fourth-order valence-electron chi connectivity index (χ4n) is 1.45. The molecule has 0 aliphatic rings. The largest absolute Gasteiger partial charge is 0.398 e. The van der Waals surface area contributed by atoms with Crippen LogP contribution in [0.3, 0.4) is 0 Å². The molecule has 0 radical (unpaired) electrons. The van der Waals surface area contributed by atoms with Gasteiger partial charge in [-0.25, -0.2) is 8.78 Å². The first-order valence-corrected chi connectivity index (χ1v) is 4.03. The second kappa shape index (κ2) is 2.83. The smallest absolute Gasteiger partial charge is 0.149 e. The summed E-state index contributed by atoms with van der Waals surface area (Å²) in [4.78, 5) is 0. The van der Waals surface area contributed by atoms with Crippen molar-refractivity contribution >= 4 is 22.1 Å². The highest BCUT2D eigenvalue weighted by Gasteiger charge is 2.11. The molecule has 0 aliphatic carbocycles. The number of nitrogen functional groups attached to an aromatic ring is 2. The Morgan fingerprint density at radius 2 is 1.71 bits per heavy atom. The Labute approximate surface area is 79.1 Å². The Balaban J connectivity index is 3.02. The minimum Gasteiger partial charge on any atom is -0.398 e. The molecular formula is C10H8F2N2. The van der Waals surface area contributed by atoms with E-state index in [0.29, 0.717) is 5.39 Å². The molecule has 2 aromatic carbocycles. The molecule has 0 amide bonds. The molecule has 2 nitrogen and oxygen atoms in total. The van der Waals surface area contributed by atoms with Gasteiger partial charge < -0.3 is 11.5 Å². The van der Waals surface area contributed by atoms with Gasteiger partial charge in [0.05, 0.1) is 5.69 Å². The van der Waals surface area contributed by atoms with Crippen molar-refractivity contribution in [1.29, 1.82) is 0 Å². The molecule has 0 aliphatic heterocycles. The van der Waals surface area contributed by atoms with Gasteiger partial charge in [0.15, 0.2) is 0 Å². The Kier molecular flexibility index (Phi) is 1.77. The zero-order valence-corrected chi connectivity index (χ0v) is 7.22. The van der Waals surface area contributed by atoms with Crippen LogP contribution in [0.4, 0.5) is 20.2 Å². The number of fused-ring (bicyclic) bond motifs is 1. The summed E-state index contributed by atoms with van der Waals surface area (Å²) in [5, 5.41) is 0.480. The fourth-order valence-corrected chi connectivity index (χ4v) is 1.45. The van der Waals surface area contributed by atoms with Crippen molar-refractivity contribution in [2.45, 2.75) is 0 Å². The summed E-state index contributed by atoms with van der Waals surface area (Å²) in [6, 6.07) is 5.43. The van der Waals surface area contributed by atoms with E-state index in [-0.39, 0.29) is 16.8 Å². The maximum absolute atomic E-state index is 13.3. The number of hydrogen-bond acceptors (Lipinski definition) is 2. The van der Waals surface area contributed by atoms with Crippen LogP contribution in [0.1, 0.15) is 0 Å². The highest BCUT2D eigenvalue weighted by Crippen LogP contribution is 2.30. The van der Waals surface area contributed by atoms with E-state index in [1.54, 1.807) is 12.1 Å². The van der Waals surface area contributed by atoms with E-state index in [0.717, 1.165) is 6.07 Å². The third-order valence-corrected chi connectivity index (χ3v) is 2.14. The maximum atomic E-state index is 13.3. The van der Waals surface area contributed by atoms with Crippen molar-refractivity contribution in [2.24, 2.45) is 0 Å². The average Bonchev–Trinajstić information content (AvgIpc) is 2.14. The average molecular weight is 194 g/mol. The molecule has 0 aromatic heterocycles. The van der Waals surface area contributed by atoms with Crippen LogP contribution in [0.5, 0.6) is 0 Å². The van der Waals surface area contributed by atoms with Gasteiger partial charge in [-0.05, 0) is 6.07 Å². The SMILES string of the molecule is Nc1c(F)cc(F)c2c(N)cccc12. The highest BCUT2D eigenvalue weighted by molar-refractivity contribution is 6.00. The third-order valence-electron chi connectivity index (χ3n) is 2.14. The molecule has 0 atom stereocenters. The van der Waals surface area contributed by atoms with Gasteiger partial charge in [-0.1, -0.05) is 12.1 Å². The van der Waals surface area contributed by atoms with Crippen LogP contribution < -0.4 is 11.5 Å². The molecule has 0 saturated carbocycles. The second-order valence-electron chi connectivity index (χ2n) is 3.02. The molecule has 2 rings (SSSR count). The summed E-state index contributed by atoms with van der Waals surface area (Å²) >= 11 is 0. The molecule has 0 bridgehead atoms. The molecule has 72 valence electrons. The molecule has 14 heavy (non-hydrogen) atoms. The van der Waals surface area contributed by atoms with Crippen LogP contribution >= 0.6 is 0 Å². The Morgan fingerprint density at radius 3 is 2.43 bits per heavy atom. The molecule has 0 heterocycles. The normalized spacial score (nSPS) is 10.7. The number of benzene rings is 2.